The smallest absolute Gasteiger partial charge is 0.243 e. The van der Waals surface area contributed by atoms with Crippen molar-refractivity contribution >= 4 is 56.3 Å². The number of anilines is 1. The maximum atomic E-state index is 13.3. The molecule has 4 rings (SSSR count). The van der Waals surface area contributed by atoms with Crippen molar-refractivity contribution < 1.29 is 13.2 Å². The van der Waals surface area contributed by atoms with Crippen molar-refractivity contribution in [2.24, 2.45) is 5.92 Å². The Morgan fingerprint density at radius 1 is 1.16 bits per heavy atom. The van der Waals surface area contributed by atoms with Gasteiger partial charge in [-0.1, -0.05) is 13.8 Å². The van der Waals surface area contributed by atoms with Crippen molar-refractivity contribution in [1.82, 2.24) is 4.31 Å². The number of thioether (sulfide) groups is 1. The molecular weight excluding hydrogens is 543 g/mol. The quantitative estimate of drug-likeness (QED) is 0.277. The number of fused-ring (bicyclic) bond motifs is 1. The second-order valence-corrected chi connectivity index (χ2v) is 13.3. The number of rotatable bonds is 7. The van der Waals surface area contributed by atoms with Crippen LogP contribution in [0.4, 0.5) is 5.69 Å². The largest absolute Gasteiger partial charge is 0.364 e. The molecule has 2 aromatic carbocycles. The molecule has 2 atom stereocenters. The fourth-order valence-corrected chi connectivity index (χ4v) is 7.49. The molecule has 0 aromatic heterocycles. The summed E-state index contributed by atoms with van der Waals surface area (Å²) in [7, 11) is -3.50. The second-order valence-electron chi connectivity index (χ2n) is 8.43. The molecule has 2 aliphatic heterocycles. The molecule has 8 heteroatoms. The molecule has 0 spiro atoms. The average molecular weight is 571 g/mol. The lowest BCUT2D eigenvalue weighted by atomic mass is 9.87. The Morgan fingerprint density at radius 2 is 1.90 bits per heavy atom. The van der Waals surface area contributed by atoms with Crippen LogP contribution in [0, 0.1) is 9.49 Å². The average Bonchev–Trinajstić information content (AvgIpc) is 3.34. The number of sulfonamides is 1. The van der Waals surface area contributed by atoms with Gasteiger partial charge in [0.1, 0.15) is 6.29 Å². The van der Waals surface area contributed by atoms with Gasteiger partial charge in [0.2, 0.25) is 10.0 Å². The molecule has 0 radical (unpaired) electrons. The molecule has 1 saturated heterocycles. The van der Waals surface area contributed by atoms with Crippen molar-refractivity contribution in [1.29, 1.82) is 0 Å². The van der Waals surface area contributed by atoms with Crippen LogP contribution in [0.1, 0.15) is 31.7 Å². The maximum absolute atomic E-state index is 13.3. The summed E-state index contributed by atoms with van der Waals surface area (Å²) < 4.78 is 29.3. The first-order chi connectivity index (χ1) is 14.8. The zero-order chi connectivity index (χ0) is 22.2. The van der Waals surface area contributed by atoms with Crippen LogP contribution in [0.2, 0.25) is 0 Å². The van der Waals surface area contributed by atoms with Crippen LogP contribution in [-0.4, -0.2) is 50.4 Å². The molecule has 2 unspecified atom stereocenters. The molecule has 0 bridgehead atoms. The van der Waals surface area contributed by atoms with E-state index in [0.29, 0.717) is 29.8 Å². The summed E-state index contributed by atoms with van der Waals surface area (Å²) in [5.74, 6) is 0.494. The standard InChI is InChI=1S/C23H27IN2O3S2/c1-16(2)30-19-4-6-20(7-5-19)31(28,29)26-10-9-17(14-26)22-15-25(11-12-27)23-8-3-18(24)13-21(22)23/h3-8,12-13,16-17,22H,9-11,14-15H2,1-2H3. The van der Waals surface area contributed by atoms with E-state index < -0.39 is 10.0 Å². The zero-order valence-corrected chi connectivity index (χ0v) is 21.5. The minimum Gasteiger partial charge on any atom is -0.364 e. The molecule has 31 heavy (non-hydrogen) atoms. The Kier molecular flexibility index (Phi) is 7.00. The van der Waals surface area contributed by atoms with Gasteiger partial charge in [-0.05, 0) is 83.0 Å². The fraction of sp³-hybridized carbons (Fsp3) is 0.435. The Labute approximate surface area is 202 Å². The van der Waals surface area contributed by atoms with Gasteiger partial charge in [0.25, 0.3) is 0 Å². The van der Waals surface area contributed by atoms with Crippen LogP contribution in [0.25, 0.3) is 0 Å². The number of aldehydes is 1. The van der Waals surface area contributed by atoms with E-state index in [-0.39, 0.29) is 11.8 Å². The molecular formula is C23H27IN2O3S2. The van der Waals surface area contributed by atoms with E-state index in [1.165, 1.54) is 5.56 Å². The minimum atomic E-state index is -3.50. The van der Waals surface area contributed by atoms with Gasteiger partial charge in [-0.15, -0.1) is 11.8 Å². The lowest BCUT2D eigenvalue weighted by molar-refractivity contribution is -0.106. The number of hydrogen-bond acceptors (Lipinski definition) is 5. The summed E-state index contributed by atoms with van der Waals surface area (Å²) in [5.41, 5.74) is 2.35. The third-order valence-electron chi connectivity index (χ3n) is 6.03. The lowest BCUT2D eigenvalue weighted by Gasteiger charge is -2.21. The molecule has 2 heterocycles. The number of benzene rings is 2. The van der Waals surface area contributed by atoms with Crippen molar-refractivity contribution in [3.8, 4) is 0 Å². The number of carbonyl (C=O) groups is 1. The van der Waals surface area contributed by atoms with Crippen molar-refractivity contribution in [2.75, 3.05) is 31.1 Å². The summed E-state index contributed by atoms with van der Waals surface area (Å²) in [6, 6.07) is 13.6. The third kappa shape index (κ3) is 4.82. The van der Waals surface area contributed by atoms with Crippen LogP contribution in [0.3, 0.4) is 0 Å². The van der Waals surface area contributed by atoms with Gasteiger partial charge in [0, 0.05) is 45.0 Å². The highest BCUT2D eigenvalue weighted by molar-refractivity contribution is 14.1. The van der Waals surface area contributed by atoms with Gasteiger partial charge in [0.15, 0.2) is 0 Å². The van der Waals surface area contributed by atoms with Crippen LogP contribution >= 0.6 is 34.4 Å². The summed E-state index contributed by atoms with van der Waals surface area (Å²) in [5, 5.41) is 0.456. The molecule has 1 fully saturated rings. The first-order valence-electron chi connectivity index (χ1n) is 10.5. The Hall–Kier alpha value is -1.10. The molecule has 2 aromatic rings. The summed E-state index contributed by atoms with van der Waals surface area (Å²) in [6.45, 7) is 6.46. The first kappa shape index (κ1) is 23.1. The summed E-state index contributed by atoms with van der Waals surface area (Å²) >= 11 is 4.04. The van der Waals surface area contributed by atoms with Crippen molar-refractivity contribution in [2.45, 2.75) is 41.2 Å². The second kappa shape index (κ2) is 9.41. The van der Waals surface area contributed by atoms with E-state index >= 15 is 0 Å². The van der Waals surface area contributed by atoms with Gasteiger partial charge >= 0.3 is 0 Å². The predicted molar refractivity (Wildman–Crippen MR) is 134 cm³/mol. The van der Waals surface area contributed by atoms with E-state index in [1.54, 1.807) is 28.2 Å². The number of carbonyl (C=O) groups excluding carboxylic acids is 1. The summed E-state index contributed by atoms with van der Waals surface area (Å²) in [6.07, 6.45) is 1.78. The molecule has 0 saturated carbocycles. The Balaban J connectivity index is 1.52. The number of halogens is 1. The highest BCUT2D eigenvalue weighted by atomic mass is 127. The van der Waals surface area contributed by atoms with E-state index in [1.807, 2.05) is 12.1 Å². The molecule has 0 aliphatic carbocycles. The van der Waals surface area contributed by atoms with Crippen LogP contribution in [-0.2, 0) is 14.8 Å². The van der Waals surface area contributed by atoms with Gasteiger partial charge in [-0.3, -0.25) is 0 Å². The highest BCUT2D eigenvalue weighted by Gasteiger charge is 2.40. The number of hydrogen-bond donors (Lipinski definition) is 0. The Bertz CT molecular complexity index is 1060. The van der Waals surface area contributed by atoms with E-state index in [4.69, 9.17) is 0 Å². The Morgan fingerprint density at radius 3 is 2.58 bits per heavy atom. The van der Waals surface area contributed by atoms with E-state index in [0.717, 1.165) is 33.4 Å². The molecule has 5 nitrogen and oxygen atoms in total. The molecule has 2 aliphatic rings. The summed E-state index contributed by atoms with van der Waals surface area (Å²) in [4.78, 5) is 14.7. The molecule has 166 valence electrons. The molecule has 0 N–H and O–H groups in total. The van der Waals surface area contributed by atoms with Gasteiger partial charge in [0.05, 0.1) is 11.4 Å². The van der Waals surface area contributed by atoms with Crippen LogP contribution < -0.4 is 4.90 Å². The molecule has 0 amide bonds. The van der Waals surface area contributed by atoms with Crippen molar-refractivity contribution in [3.05, 3.63) is 51.6 Å². The van der Waals surface area contributed by atoms with E-state index in [9.17, 15) is 13.2 Å². The first-order valence-corrected chi connectivity index (χ1v) is 13.9. The zero-order valence-electron chi connectivity index (χ0n) is 17.7. The predicted octanol–water partition coefficient (Wildman–Crippen LogP) is 4.61. The van der Waals surface area contributed by atoms with Crippen LogP contribution in [0.5, 0.6) is 0 Å². The highest BCUT2D eigenvalue weighted by Crippen LogP contribution is 2.44. The normalized spacial score (nSPS) is 21.6. The van der Waals surface area contributed by atoms with Gasteiger partial charge < -0.3 is 9.69 Å². The monoisotopic (exact) mass is 570 g/mol. The topological polar surface area (TPSA) is 57.7 Å². The van der Waals surface area contributed by atoms with Crippen LogP contribution in [0.15, 0.2) is 52.3 Å². The van der Waals surface area contributed by atoms with Gasteiger partial charge in [-0.25, -0.2) is 8.42 Å². The minimum absolute atomic E-state index is 0.245. The van der Waals surface area contributed by atoms with Crippen molar-refractivity contribution in [3.63, 3.8) is 0 Å². The number of nitrogens with zero attached hydrogens (tertiary/aromatic N) is 2. The maximum Gasteiger partial charge on any atom is 0.243 e. The third-order valence-corrected chi connectivity index (χ3v) is 9.60. The SMILES string of the molecule is CC(C)Sc1ccc(S(=O)(=O)N2CCC(C3CN(CC=O)c4ccc(I)cc43)C2)cc1. The fourth-order valence-electron chi connectivity index (χ4n) is 4.62. The van der Waals surface area contributed by atoms with E-state index in [2.05, 4.69) is 59.5 Å². The van der Waals surface area contributed by atoms with Gasteiger partial charge in [-0.2, -0.15) is 4.31 Å². The lowest BCUT2D eigenvalue weighted by Crippen LogP contribution is -2.31.